The van der Waals surface area contributed by atoms with Gasteiger partial charge in [-0.25, -0.2) is 17.2 Å². The Bertz CT molecular complexity index is 1320. The van der Waals surface area contributed by atoms with E-state index in [4.69, 9.17) is 21.1 Å². The Morgan fingerprint density at radius 1 is 1.03 bits per heavy atom. The van der Waals surface area contributed by atoms with Crippen LogP contribution in [0.4, 0.5) is 20.2 Å². The van der Waals surface area contributed by atoms with Crippen molar-refractivity contribution in [1.82, 2.24) is 0 Å². The molecule has 0 fully saturated rings. The van der Waals surface area contributed by atoms with E-state index in [0.717, 1.165) is 18.4 Å². The van der Waals surface area contributed by atoms with Gasteiger partial charge in [-0.05, 0) is 49.4 Å². The monoisotopic (exact) mass is 510 g/mol. The number of sulfonamides is 1. The van der Waals surface area contributed by atoms with Crippen LogP contribution >= 0.6 is 11.6 Å². The van der Waals surface area contributed by atoms with E-state index in [2.05, 4.69) is 5.32 Å². The van der Waals surface area contributed by atoms with Crippen LogP contribution < -0.4 is 19.1 Å². The Morgan fingerprint density at radius 3 is 2.38 bits per heavy atom. The predicted molar refractivity (Wildman–Crippen MR) is 126 cm³/mol. The van der Waals surface area contributed by atoms with Crippen molar-refractivity contribution in [2.24, 2.45) is 0 Å². The number of rotatable bonds is 8. The Hall–Kier alpha value is -3.37. The lowest BCUT2D eigenvalue weighted by atomic mass is 10.2. The second-order valence-corrected chi connectivity index (χ2v) is 9.54. The van der Waals surface area contributed by atoms with Gasteiger partial charge >= 0.3 is 0 Å². The number of halogens is 3. The first-order valence-electron chi connectivity index (χ1n) is 9.86. The minimum absolute atomic E-state index is 0.172. The summed E-state index contributed by atoms with van der Waals surface area (Å²) in [5.74, 6) is -1.94. The predicted octanol–water partition coefficient (Wildman–Crippen LogP) is 5.21. The van der Waals surface area contributed by atoms with Gasteiger partial charge in [-0.1, -0.05) is 17.7 Å². The fraction of sp³-hybridized carbons (Fsp3) is 0.174. The summed E-state index contributed by atoms with van der Waals surface area (Å²) < 4.78 is 63.7. The van der Waals surface area contributed by atoms with Crippen molar-refractivity contribution in [3.63, 3.8) is 0 Å². The highest BCUT2D eigenvalue weighted by Gasteiger charge is 2.30. The third-order valence-corrected chi connectivity index (χ3v) is 6.19. The van der Waals surface area contributed by atoms with Crippen molar-refractivity contribution in [3.8, 4) is 17.2 Å². The highest BCUT2D eigenvalue weighted by atomic mass is 35.5. The van der Waals surface area contributed by atoms with E-state index < -0.39 is 33.6 Å². The summed E-state index contributed by atoms with van der Waals surface area (Å²) in [6.07, 6.45) is 0.856. The van der Waals surface area contributed by atoms with E-state index in [1.165, 1.54) is 26.2 Å². The van der Waals surface area contributed by atoms with Gasteiger partial charge in [-0.15, -0.1) is 0 Å². The third-order valence-electron chi connectivity index (χ3n) is 4.71. The van der Waals surface area contributed by atoms with E-state index >= 15 is 0 Å². The SMILES string of the molecule is COc1cccc(Oc2ccc(Cl)cc2NC(=O)[C@H](C)N(c2ccc(F)c(F)c2)S(C)(=O)=O)c1. The van der Waals surface area contributed by atoms with Gasteiger partial charge < -0.3 is 14.8 Å². The number of ether oxygens (including phenoxy) is 2. The van der Waals surface area contributed by atoms with Crippen LogP contribution in [0.25, 0.3) is 0 Å². The molecule has 11 heteroatoms. The van der Waals surface area contributed by atoms with Gasteiger partial charge in [0.05, 0.1) is 24.7 Å². The fourth-order valence-corrected chi connectivity index (χ4v) is 4.49. The molecule has 7 nitrogen and oxygen atoms in total. The summed E-state index contributed by atoms with van der Waals surface area (Å²) >= 11 is 6.08. The van der Waals surface area contributed by atoms with Crippen LogP contribution in [0.3, 0.4) is 0 Å². The van der Waals surface area contributed by atoms with Gasteiger partial charge in [0.25, 0.3) is 0 Å². The Morgan fingerprint density at radius 2 is 1.74 bits per heavy atom. The van der Waals surface area contributed by atoms with Crippen molar-refractivity contribution < 1.29 is 31.5 Å². The molecule has 0 bridgehead atoms. The van der Waals surface area contributed by atoms with Crippen LogP contribution in [0, 0.1) is 11.6 Å². The number of benzene rings is 3. The fourth-order valence-electron chi connectivity index (χ4n) is 3.15. The number of hydrogen-bond donors (Lipinski definition) is 1. The maximum absolute atomic E-state index is 13.8. The van der Waals surface area contributed by atoms with Crippen molar-refractivity contribution in [2.75, 3.05) is 23.0 Å². The standard InChI is InChI=1S/C23H21ClF2N2O5S/c1-14(28(34(3,30)31)16-8-9-19(25)20(26)12-16)23(29)27-21-11-15(24)7-10-22(21)33-18-6-4-5-17(13-18)32-2/h4-14H,1-3H3,(H,27,29)/t14-/m0/s1. The van der Waals surface area contributed by atoms with Crippen LogP contribution in [0.15, 0.2) is 60.7 Å². The number of nitrogens with one attached hydrogen (secondary N) is 1. The first kappa shape index (κ1) is 25.3. The van der Waals surface area contributed by atoms with Gasteiger partial charge in [0.15, 0.2) is 17.4 Å². The summed E-state index contributed by atoms with van der Waals surface area (Å²) in [5, 5.41) is 2.89. The van der Waals surface area contributed by atoms with Gasteiger partial charge in [0, 0.05) is 17.2 Å². The summed E-state index contributed by atoms with van der Waals surface area (Å²) in [6, 6.07) is 12.5. The molecule has 3 aromatic carbocycles. The van der Waals surface area contributed by atoms with Crippen LogP contribution in [-0.2, 0) is 14.8 Å². The molecule has 0 saturated heterocycles. The van der Waals surface area contributed by atoms with Gasteiger partial charge in [-0.3, -0.25) is 9.10 Å². The number of anilines is 2. The number of hydrogen-bond acceptors (Lipinski definition) is 5. The second-order valence-electron chi connectivity index (χ2n) is 7.24. The number of carbonyl (C=O) groups is 1. The first-order chi connectivity index (χ1) is 16.0. The molecule has 0 aliphatic heterocycles. The lowest BCUT2D eigenvalue weighted by molar-refractivity contribution is -0.116. The highest BCUT2D eigenvalue weighted by Crippen LogP contribution is 2.34. The Labute approximate surface area is 200 Å². The maximum Gasteiger partial charge on any atom is 0.248 e. The van der Waals surface area contributed by atoms with Crippen molar-refractivity contribution >= 4 is 38.9 Å². The van der Waals surface area contributed by atoms with Crippen molar-refractivity contribution in [3.05, 3.63) is 77.3 Å². The smallest absolute Gasteiger partial charge is 0.248 e. The van der Waals surface area contributed by atoms with Gasteiger partial charge in [0.1, 0.15) is 17.5 Å². The zero-order chi connectivity index (χ0) is 25.0. The van der Waals surface area contributed by atoms with Crippen molar-refractivity contribution in [1.29, 1.82) is 0 Å². The van der Waals surface area contributed by atoms with Crippen LogP contribution in [0.5, 0.6) is 17.2 Å². The van der Waals surface area contributed by atoms with E-state index in [1.807, 2.05) is 0 Å². The summed E-state index contributed by atoms with van der Waals surface area (Å²) in [5.41, 5.74) is -0.0334. The largest absolute Gasteiger partial charge is 0.497 e. The summed E-state index contributed by atoms with van der Waals surface area (Å²) in [4.78, 5) is 13.0. The normalized spacial score (nSPS) is 12.1. The molecule has 34 heavy (non-hydrogen) atoms. The molecule has 1 N–H and O–H groups in total. The Kier molecular flexibility index (Phi) is 7.63. The average Bonchev–Trinajstić information content (AvgIpc) is 2.77. The molecule has 3 rings (SSSR count). The minimum Gasteiger partial charge on any atom is -0.497 e. The van der Waals surface area contributed by atoms with E-state index in [9.17, 15) is 22.0 Å². The summed E-state index contributed by atoms with van der Waals surface area (Å²) in [6.45, 7) is 1.31. The van der Waals surface area contributed by atoms with E-state index in [1.54, 1.807) is 30.3 Å². The molecule has 3 aromatic rings. The molecule has 0 aliphatic rings. The highest BCUT2D eigenvalue weighted by molar-refractivity contribution is 7.92. The molecule has 1 amide bonds. The molecule has 0 radical (unpaired) electrons. The Balaban J connectivity index is 1.91. The molecule has 1 atom stereocenters. The van der Waals surface area contributed by atoms with Crippen LogP contribution in [0.1, 0.15) is 6.92 Å². The molecule has 0 heterocycles. The lowest BCUT2D eigenvalue weighted by Crippen LogP contribution is -2.45. The molecule has 0 saturated carbocycles. The molecule has 180 valence electrons. The number of nitrogens with zero attached hydrogens (tertiary/aromatic N) is 1. The molecule has 0 aromatic heterocycles. The first-order valence-corrected chi connectivity index (χ1v) is 12.1. The molecular weight excluding hydrogens is 490 g/mol. The lowest BCUT2D eigenvalue weighted by Gasteiger charge is -2.28. The van der Waals surface area contributed by atoms with Crippen LogP contribution in [-0.4, -0.2) is 33.7 Å². The topological polar surface area (TPSA) is 84.9 Å². The van der Waals surface area contributed by atoms with E-state index in [0.29, 0.717) is 26.9 Å². The summed E-state index contributed by atoms with van der Waals surface area (Å²) in [7, 11) is -2.54. The maximum atomic E-state index is 13.8. The number of methoxy groups -OCH3 is 1. The van der Waals surface area contributed by atoms with Crippen LogP contribution in [0.2, 0.25) is 5.02 Å². The molecule has 0 unspecified atom stereocenters. The average molecular weight is 511 g/mol. The molecule has 0 aliphatic carbocycles. The van der Waals surface area contributed by atoms with E-state index in [-0.39, 0.29) is 17.1 Å². The quantitative estimate of drug-likeness (QED) is 0.449. The zero-order valence-corrected chi connectivity index (χ0v) is 20.0. The molecule has 0 spiro atoms. The third kappa shape index (κ3) is 5.95. The zero-order valence-electron chi connectivity index (χ0n) is 18.4. The minimum atomic E-state index is -4.05. The number of carbonyl (C=O) groups excluding carboxylic acids is 1. The second kappa shape index (κ2) is 10.3. The molecular formula is C23H21ClF2N2O5S. The number of amides is 1. The van der Waals surface area contributed by atoms with Gasteiger partial charge in [-0.2, -0.15) is 0 Å². The van der Waals surface area contributed by atoms with Crippen molar-refractivity contribution in [2.45, 2.75) is 13.0 Å². The van der Waals surface area contributed by atoms with Gasteiger partial charge in [0.2, 0.25) is 15.9 Å².